The van der Waals surface area contributed by atoms with E-state index in [1.54, 1.807) is 19.4 Å². The molecule has 1 aromatic carbocycles. The van der Waals surface area contributed by atoms with Crippen molar-refractivity contribution in [3.63, 3.8) is 0 Å². The third-order valence-electron chi connectivity index (χ3n) is 4.60. The van der Waals surface area contributed by atoms with Gasteiger partial charge in [0, 0.05) is 11.8 Å². The second-order valence-electron chi connectivity index (χ2n) is 6.09. The summed E-state index contributed by atoms with van der Waals surface area (Å²) in [4.78, 5) is 15.2. The van der Waals surface area contributed by atoms with Gasteiger partial charge in [0.1, 0.15) is 0 Å². The molecule has 1 heterocycles. The van der Waals surface area contributed by atoms with E-state index in [1.165, 1.54) is 7.11 Å². The Morgan fingerprint density at radius 2 is 1.88 bits per heavy atom. The van der Waals surface area contributed by atoms with Gasteiger partial charge in [0.05, 0.1) is 25.3 Å². The molecule has 6 nitrogen and oxygen atoms in total. The summed E-state index contributed by atoms with van der Waals surface area (Å²) in [5.41, 5.74) is 2.03. The molecule has 3 rings (SSSR count). The monoisotopic (exact) mass is 352 g/mol. The molecule has 1 aliphatic rings. The molecule has 2 aromatic rings. The van der Waals surface area contributed by atoms with Gasteiger partial charge in [0.15, 0.2) is 5.75 Å². The van der Waals surface area contributed by atoms with Crippen LogP contribution >= 0.6 is 0 Å². The van der Waals surface area contributed by atoms with Gasteiger partial charge < -0.3 is 19.9 Å². The molecule has 2 N–H and O–H groups in total. The lowest BCUT2D eigenvalue weighted by Gasteiger charge is -2.42. The Bertz CT molecular complexity index is 862. The van der Waals surface area contributed by atoms with Crippen LogP contribution in [0.4, 0.5) is 4.79 Å². The number of carboxylic acid groups (broad SMARTS) is 1. The average Bonchev–Trinajstić information content (AvgIpc) is 2.62. The minimum atomic E-state index is -0.993. The van der Waals surface area contributed by atoms with Gasteiger partial charge in [-0.3, -0.25) is 0 Å². The number of amides is 1. The summed E-state index contributed by atoms with van der Waals surface area (Å²) in [6.07, 6.45) is 3.28. The van der Waals surface area contributed by atoms with Crippen molar-refractivity contribution in [2.75, 3.05) is 14.2 Å². The lowest BCUT2D eigenvalue weighted by Crippen LogP contribution is -2.50. The van der Waals surface area contributed by atoms with Crippen molar-refractivity contribution < 1.29 is 19.4 Å². The van der Waals surface area contributed by atoms with Crippen molar-refractivity contribution in [3.8, 4) is 23.5 Å². The summed E-state index contributed by atoms with van der Waals surface area (Å²) in [7, 11) is 3.08. The van der Waals surface area contributed by atoms with E-state index >= 15 is 0 Å². The molecule has 6 heteroatoms. The normalized spacial score (nSPS) is 14.4. The third kappa shape index (κ3) is 3.42. The molecule has 1 amide bonds. The van der Waals surface area contributed by atoms with E-state index in [1.807, 2.05) is 24.3 Å². The van der Waals surface area contributed by atoms with Gasteiger partial charge in [0.2, 0.25) is 0 Å². The summed E-state index contributed by atoms with van der Waals surface area (Å²) in [5, 5.41) is 11.7. The van der Waals surface area contributed by atoms with Gasteiger partial charge >= 0.3 is 6.09 Å². The first kappa shape index (κ1) is 17.6. The Morgan fingerprint density at radius 1 is 1.15 bits per heavy atom. The number of benzene rings is 1. The van der Waals surface area contributed by atoms with Crippen LogP contribution < -0.4 is 14.8 Å². The predicted molar refractivity (Wildman–Crippen MR) is 96.5 cm³/mol. The van der Waals surface area contributed by atoms with Crippen LogP contribution in [0.3, 0.4) is 0 Å². The number of nitrogens with one attached hydrogen (secondary N) is 1. The first-order chi connectivity index (χ1) is 12.6. The molecule has 134 valence electrons. The van der Waals surface area contributed by atoms with Crippen molar-refractivity contribution in [3.05, 3.63) is 53.2 Å². The standard InChI is InChI=1S/C20H20N2O4/c1-25-17-15(10-13-21-18(17)26-2)7-4-14-5-8-16(9-6-14)20(11-3-12-20)22-19(23)24/h5-6,8-10,13,22H,3,11-12H2,1-2H3,(H,23,24). The van der Waals surface area contributed by atoms with Gasteiger partial charge in [0.25, 0.3) is 5.88 Å². The first-order valence-electron chi connectivity index (χ1n) is 8.28. The van der Waals surface area contributed by atoms with E-state index in [0.717, 1.165) is 30.4 Å². The topological polar surface area (TPSA) is 80.7 Å². The zero-order chi connectivity index (χ0) is 18.6. The first-order valence-corrected chi connectivity index (χ1v) is 8.28. The van der Waals surface area contributed by atoms with Crippen LogP contribution in [0.5, 0.6) is 11.6 Å². The van der Waals surface area contributed by atoms with E-state index in [2.05, 4.69) is 22.1 Å². The van der Waals surface area contributed by atoms with Gasteiger partial charge in [-0.25, -0.2) is 9.78 Å². The number of rotatable bonds is 4. The second-order valence-corrected chi connectivity index (χ2v) is 6.09. The van der Waals surface area contributed by atoms with E-state index in [-0.39, 0.29) is 0 Å². The zero-order valence-electron chi connectivity index (χ0n) is 14.7. The lowest BCUT2D eigenvalue weighted by atomic mass is 9.72. The number of aromatic nitrogens is 1. The smallest absolute Gasteiger partial charge is 0.405 e. The summed E-state index contributed by atoms with van der Waals surface area (Å²) >= 11 is 0. The van der Waals surface area contributed by atoms with Crippen LogP contribution in [0.2, 0.25) is 0 Å². The van der Waals surface area contributed by atoms with Crippen LogP contribution in [0.25, 0.3) is 0 Å². The summed E-state index contributed by atoms with van der Waals surface area (Å²) in [5.74, 6) is 7.05. The highest BCUT2D eigenvalue weighted by atomic mass is 16.5. The van der Waals surface area contributed by atoms with E-state index in [9.17, 15) is 4.79 Å². The molecule has 1 saturated carbocycles. The number of ether oxygens (including phenoxy) is 2. The maximum absolute atomic E-state index is 11.1. The van der Waals surface area contributed by atoms with Crippen LogP contribution in [0.1, 0.15) is 36.0 Å². The molecule has 1 aliphatic carbocycles. The highest BCUT2D eigenvalue weighted by Gasteiger charge is 2.40. The van der Waals surface area contributed by atoms with Crippen LogP contribution in [-0.4, -0.2) is 30.4 Å². The second kappa shape index (κ2) is 7.36. The van der Waals surface area contributed by atoms with Crippen molar-refractivity contribution in [2.24, 2.45) is 0 Å². The summed E-state index contributed by atoms with van der Waals surface area (Å²) in [6, 6.07) is 9.43. The fourth-order valence-corrected chi connectivity index (χ4v) is 3.10. The minimum absolute atomic E-state index is 0.390. The molecular weight excluding hydrogens is 332 g/mol. The molecule has 1 fully saturated rings. The Morgan fingerprint density at radius 3 is 2.42 bits per heavy atom. The molecule has 26 heavy (non-hydrogen) atoms. The van der Waals surface area contributed by atoms with Gasteiger partial charge in [-0.2, -0.15) is 0 Å². The van der Waals surface area contributed by atoms with E-state index in [4.69, 9.17) is 14.6 Å². The van der Waals surface area contributed by atoms with E-state index in [0.29, 0.717) is 17.2 Å². The van der Waals surface area contributed by atoms with Gasteiger partial charge in [-0.1, -0.05) is 24.0 Å². The maximum atomic E-state index is 11.1. The van der Waals surface area contributed by atoms with Crippen LogP contribution in [0.15, 0.2) is 36.5 Å². The Hall–Kier alpha value is -3.20. The number of hydrogen-bond donors (Lipinski definition) is 2. The molecule has 0 saturated heterocycles. The number of nitrogens with zero attached hydrogens (tertiary/aromatic N) is 1. The van der Waals surface area contributed by atoms with Crippen molar-refractivity contribution >= 4 is 6.09 Å². The Labute approximate surface area is 152 Å². The number of methoxy groups -OCH3 is 2. The molecule has 0 spiro atoms. The number of carbonyl (C=O) groups is 1. The minimum Gasteiger partial charge on any atom is -0.490 e. The fraction of sp³-hybridized carbons (Fsp3) is 0.300. The fourth-order valence-electron chi connectivity index (χ4n) is 3.10. The molecule has 0 unspecified atom stereocenters. The number of hydrogen-bond acceptors (Lipinski definition) is 4. The van der Waals surface area contributed by atoms with Crippen molar-refractivity contribution in [1.29, 1.82) is 0 Å². The molecule has 0 radical (unpaired) electrons. The highest BCUT2D eigenvalue weighted by Crippen LogP contribution is 2.41. The average molecular weight is 352 g/mol. The summed E-state index contributed by atoms with van der Waals surface area (Å²) < 4.78 is 10.5. The predicted octanol–water partition coefficient (Wildman–Crippen LogP) is 3.15. The number of pyridine rings is 1. The lowest BCUT2D eigenvalue weighted by molar-refractivity contribution is 0.144. The van der Waals surface area contributed by atoms with Gasteiger partial charge in [-0.15, -0.1) is 0 Å². The largest absolute Gasteiger partial charge is 0.490 e. The zero-order valence-corrected chi connectivity index (χ0v) is 14.7. The molecule has 0 atom stereocenters. The molecule has 0 aliphatic heterocycles. The molecule has 0 bridgehead atoms. The third-order valence-corrected chi connectivity index (χ3v) is 4.60. The Kier molecular flexibility index (Phi) is 4.99. The molecular formula is C20H20N2O4. The Balaban J connectivity index is 1.83. The van der Waals surface area contributed by atoms with E-state index < -0.39 is 11.6 Å². The van der Waals surface area contributed by atoms with Crippen LogP contribution in [-0.2, 0) is 5.54 Å². The summed E-state index contributed by atoms with van der Waals surface area (Å²) in [6.45, 7) is 0. The molecule has 1 aromatic heterocycles. The van der Waals surface area contributed by atoms with Gasteiger partial charge in [-0.05, 0) is 43.0 Å². The van der Waals surface area contributed by atoms with Crippen molar-refractivity contribution in [1.82, 2.24) is 10.3 Å². The SMILES string of the molecule is COc1nccc(C#Cc2ccc(C3(NC(=O)O)CCC3)cc2)c1OC. The highest BCUT2D eigenvalue weighted by molar-refractivity contribution is 5.66. The van der Waals surface area contributed by atoms with Crippen LogP contribution in [0, 0.1) is 11.8 Å². The quantitative estimate of drug-likeness (QED) is 0.826. The van der Waals surface area contributed by atoms with Crippen molar-refractivity contribution in [2.45, 2.75) is 24.8 Å². The maximum Gasteiger partial charge on any atom is 0.405 e.